The lowest BCUT2D eigenvalue weighted by Gasteiger charge is -2.26. The number of hydrogen-bond acceptors (Lipinski definition) is 2. The summed E-state index contributed by atoms with van der Waals surface area (Å²) in [6, 6.07) is 107. The van der Waals surface area contributed by atoms with Gasteiger partial charge in [0.15, 0.2) is 0 Å². The molecule has 0 aliphatic heterocycles. The van der Waals surface area contributed by atoms with E-state index in [0.29, 0.717) is 0 Å². The highest BCUT2D eigenvalue weighted by atomic mass is 16.3. The average molecular weight is 944 g/mol. The topological polar surface area (TPSA) is 16.4 Å². The van der Waals surface area contributed by atoms with Crippen molar-refractivity contribution >= 4 is 39.0 Å². The molecule has 0 atom stereocenters. The third-order valence-electron chi connectivity index (χ3n) is 14.3. The summed E-state index contributed by atoms with van der Waals surface area (Å²) in [7, 11) is 0. The molecule has 0 amide bonds. The van der Waals surface area contributed by atoms with E-state index in [1.54, 1.807) is 0 Å². The first kappa shape index (κ1) is 44.2. The zero-order valence-electron chi connectivity index (χ0n) is 40.6. The van der Waals surface area contributed by atoms with E-state index in [9.17, 15) is 0 Å². The van der Waals surface area contributed by atoms with Crippen molar-refractivity contribution in [1.82, 2.24) is 0 Å². The number of fused-ring (bicyclic) bond motifs is 3. The van der Waals surface area contributed by atoms with Gasteiger partial charge in [-0.25, -0.2) is 0 Å². The highest BCUT2D eigenvalue weighted by Gasteiger charge is 2.17. The van der Waals surface area contributed by atoms with Gasteiger partial charge < -0.3 is 9.32 Å². The zero-order chi connectivity index (χ0) is 49.2. The van der Waals surface area contributed by atoms with Gasteiger partial charge in [0.1, 0.15) is 11.2 Å². The molecule has 0 bridgehead atoms. The molecule has 0 unspecified atom stereocenters. The molecule has 0 aliphatic rings. The average Bonchev–Trinajstić information content (AvgIpc) is 3.88. The Morgan fingerprint density at radius 1 is 0.203 bits per heavy atom. The molecule has 0 fully saturated rings. The number of nitrogens with zero attached hydrogens (tertiary/aromatic N) is 1. The van der Waals surface area contributed by atoms with Crippen molar-refractivity contribution < 1.29 is 4.42 Å². The Kier molecular flexibility index (Phi) is 11.6. The van der Waals surface area contributed by atoms with E-state index >= 15 is 0 Å². The van der Waals surface area contributed by atoms with Crippen LogP contribution in [-0.4, -0.2) is 0 Å². The third kappa shape index (κ3) is 8.76. The van der Waals surface area contributed by atoms with Crippen LogP contribution in [0.4, 0.5) is 17.1 Å². The van der Waals surface area contributed by atoms with Gasteiger partial charge in [-0.15, -0.1) is 0 Å². The van der Waals surface area contributed by atoms with E-state index < -0.39 is 0 Å². The Balaban J connectivity index is 0.832. The Morgan fingerprint density at radius 2 is 0.486 bits per heavy atom. The second-order valence-electron chi connectivity index (χ2n) is 18.9. The van der Waals surface area contributed by atoms with Gasteiger partial charge >= 0.3 is 0 Å². The van der Waals surface area contributed by atoms with Crippen LogP contribution in [0.1, 0.15) is 0 Å². The number of furan rings is 1. The van der Waals surface area contributed by atoms with Crippen molar-refractivity contribution in [2.75, 3.05) is 4.90 Å². The second-order valence-corrected chi connectivity index (χ2v) is 18.9. The van der Waals surface area contributed by atoms with Gasteiger partial charge in [0.05, 0.1) is 0 Å². The molecule has 348 valence electrons. The predicted octanol–water partition coefficient (Wildman–Crippen LogP) is 20.4. The molecule has 0 radical (unpaired) electrons. The summed E-state index contributed by atoms with van der Waals surface area (Å²) in [5.41, 5.74) is 23.8. The van der Waals surface area contributed by atoms with Gasteiger partial charge in [0.25, 0.3) is 0 Å². The first-order valence-corrected chi connectivity index (χ1v) is 25.3. The predicted molar refractivity (Wildman–Crippen MR) is 312 cm³/mol. The van der Waals surface area contributed by atoms with Crippen LogP contribution < -0.4 is 4.90 Å². The summed E-state index contributed by atoms with van der Waals surface area (Å²) >= 11 is 0. The van der Waals surface area contributed by atoms with Crippen molar-refractivity contribution in [3.8, 4) is 89.0 Å². The minimum atomic E-state index is 0.903. The van der Waals surface area contributed by atoms with Crippen LogP contribution >= 0.6 is 0 Å². The Hall–Kier alpha value is -9.76. The number of para-hydroxylation sites is 2. The van der Waals surface area contributed by atoms with Gasteiger partial charge in [0.2, 0.25) is 0 Å². The van der Waals surface area contributed by atoms with Crippen molar-refractivity contribution in [2.45, 2.75) is 0 Å². The summed E-state index contributed by atoms with van der Waals surface area (Å²) in [5, 5.41) is 2.26. The van der Waals surface area contributed by atoms with E-state index in [-0.39, 0.29) is 0 Å². The molecular weight excluding hydrogens is 895 g/mol. The summed E-state index contributed by atoms with van der Waals surface area (Å²) in [6.45, 7) is 0. The van der Waals surface area contributed by atoms with Crippen LogP contribution in [-0.2, 0) is 0 Å². The minimum absolute atomic E-state index is 0.903. The molecular formula is C72H49NO. The molecule has 2 heteroatoms. The molecule has 0 saturated carbocycles. The van der Waals surface area contributed by atoms with Crippen LogP contribution in [0.25, 0.3) is 111 Å². The van der Waals surface area contributed by atoms with Gasteiger partial charge in [-0.3, -0.25) is 0 Å². The number of benzene rings is 12. The molecule has 13 aromatic rings. The second kappa shape index (κ2) is 19.4. The molecule has 13 rings (SSSR count). The minimum Gasteiger partial charge on any atom is -0.455 e. The summed E-state index contributed by atoms with van der Waals surface area (Å²) in [5.74, 6) is 0. The number of hydrogen-bond donors (Lipinski definition) is 0. The molecule has 0 saturated heterocycles. The highest BCUT2D eigenvalue weighted by Crippen LogP contribution is 2.41. The van der Waals surface area contributed by atoms with E-state index in [1.165, 1.54) is 55.6 Å². The van der Waals surface area contributed by atoms with E-state index in [1.807, 2.05) is 12.1 Å². The van der Waals surface area contributed by atoms with Crippen LogP contribution in [0.15, 0.2) is 302 Å². The molecule has 2 nitrogen and oxygen atoms in total. The lowest BCUT2D eigenvalue weighted by molar-refractivity contribution is 0.670. The van der Waals surface area contributed by atoms with Gasteiger partial charge in [-0.05, 0) is 156 Å². The van der Waals surface area contributed by atoms with Crippen LogP contribution in [0.3, 0.4) is 0 Å². The molecule has 74 heavy (non-hydrogen) atoms. The fourth-order valence-electron chi connectivity index (χ4n) is 10.5. The molecule has 1 heterocycles. The largest absolute Gasteiger partial charge is 0.455 e. The fourth-order valence-corrected chi connectivity index (χ4v) is 10.5. The Morgan fingerprint density at radius 3 is 0.892 bits per heavy atom. The van der Waals surface area contributed by atoms with Crippen molar-refractivity contribution in [1.29, 1.82) is 0 Å². The summed E-state index contributed by atoms with van der Waals surface area (Å²) < 4.78 is 6.45. The van der Waals surface area contributed by atoms with E-state index in [2.05, 4.69) is 290 Å². The fraction of sp³-hybridized carbons (Fsp3) is 0. The molecule has 0 N–H and O–H groups in total. The molecule has 12 aromatic carbocycles. The number of rotatable bonds is 11. The summed E-state index contributed by atoms with van der Waals surface area (Å²) in [4.78, 5) is 2.35. The smallest absolute Gasteiger partial charge is 0.143 e. The standard InChI is InChI=1S/C72H49NO/c1-3-15-50(16-4-1)55-19-9-24-60(45-55)62-26-11-21-57(47-62)52-33-39-65(40-34-52)73(66-41-35-53(36-42-66)58-22-12-27-63(48-58)61-25-10-20-56(46-61)51-17-5-2-6-18-51)67-43-37-54(38-44-67)59-23-13-28-64(49-59)68-30-14-31-70-69-29-7-8-32-71(69)74-72(68)70/h1-49H. The maximum Gasteiger partial charge on any atom is 0.143 e. The van der Waals surface area contributed by atoms with E-state index in [4.69, 9.17) is 4.42 Å². The van der Waals surface area contributed by atoms with Crippen LogP contribution in [0.2, 0.25) is 0 Å². The SMILES string of the molecule is c1ccc(-c2cccc(-c3cccc(-c4ccc(N(c5ccc(-c6cccc(-c7cccc(-c8ccccc8)c7)c6)cc5)c5ccc(-c6cccc(-c7cccc8c7oc7ccccc78)c6)cc5)cc4)c3)c2)cc1. The molecule has 0 aliphatic carbocycles. The monoisotopic (exact) mass is 943 g/mol. The third-order valence-corrected chi connectivity index (χ3v) is 14.3. The summed E-state index contributed by atoms with van der Waals surface area (Å²) in [6.07, 6.45) is 0. The molecule has 1 aromatic heterocycles. The zero-order valence-corrected chi connectivity index (χ0v) is 40.6. The normalized spacial score (nSPS) is 11.2. The van der Waals surface area contributed by atoms with Gasteiger partial charge in [0, 0.05) is 33.4 Å². The number of anilines is 3. The Bertz CT molecular complexity index is 3930. The van der Waals surface area contributed by atoms with Crippen LogP contribution in [0, 0.1) is 0 Å². The lowest BCUT2D eigenvalue weighted by Crippen LogP contribution is -2.09. The van der Waals surface area contributed by atoms with Crippen molar-refractivity contribution in [3.05, 3.63) is 297 Å². The maximum absolute atomic E-state index is 6.45. The van der Waals surface area contributed by atoms with Crippen LogP contribution in [0.5, 0.6) is 0 Å². The maximum atomic E-state index is 6.45. The van der Waals surface area contributed by atoms with Gasteiger partial charge in [-0.2, -0.15) is 0 Å². The van der Waals surface area contributed by atoms with Gasteiger partial charge in [-0.1, -0.05) is 224 Å². The van der Waals surface area contributed by atoms with E-state index in [0.717, 1.165) is 72.4 Å². The molecule has 0 spiro atoms. The Labute approximate surface area is 432 Å². The first-order valence-electron chi connectivity index (χ1n) is 25.3. The van der Waals surface area contributed by atoms with Crippen molar-refractivity contribution in [2.24, 2.45) is 0 Å². The quantitative estimate of drug-likeness (QED) is 0.128. The lowest BCUT2D eigenvalue weighted by atomic mass is 9.96. The first-order chi connectivity index (χ1) is 36.6. The van der Waals surface area contributed by atoms with Crippen molar-refractivity contribution in [3.63, 3.8) is 0 Å². The highest BCUT2D eigenvalue weighted by molar-refractivity contribution is 6.09.